The van der Waals surface area contributed by atoms with Crippen LogP contribution in [0.15, 0.2) is 29.0 Å². The van der Waals surface area contributed by atoms with Crippen molar-refractivity contribution in [3.05, 3.63) is 45.2 Å². The Balaban J connectivity index is 2.07. The van der Waals surface area contributed by atoms with Crippen molar-refractivity contribution >= 4 is 34.8 Å². The molecule has 1 saturated carbocycles. The van der Waals surface area contributed by atoms with E-state index in [0.29, 0.717) is 4.90 Å². The number of ketones is 2. The molecule has 3 aliphatic rings. The molecule has 11 heteroatoms. The summed E-state index contributed by atoms with van der Waals surface area (Å²) in [4.78, 5) is 39.2. The predicted molar refractivity (Wildman–Crippen MR) is 114 cm³/mol. The van der Waals surface area contributed by atoms with Gasteiger partial charge in [-0.05, 0) is 25.5 Å². The fourth-order valence-corrected chi connectivity index (χ4v) is 6.02. The fraction of sp³-hybridized carbons (Fsp3) is 0.409. The van der Waals surface area contributed by atoms with E-state index < -0.39 is 75.0 Å². The highest BCUT2D eigenvalue weighted by Crippen LogP contribution is 2.57. The van der Waals surface area contributed by atoms with E-state index in [9.17, 15) is 39.9 Å². The Kier molecular flexibility index (Phi) is 4.96. The first-order chi connectivity index (χ1) is 15.2. The van der Waals surface area contributed by atoms with Crippen LogP contribution in [0, 0.1) is 11.8 Å². The van der Waals surface area contributed by atoms with Gasteiger partial charge in [-0.1, -0.05) is 11.6 Å². The number of carbonyl (C=O) groups is 3. The predicted octanol–water partition coefficient (Wildman–Crippen LogP) is -1.13. The number of hydrogen-bond acceptors (Lipinski definition) is 8. The number of carbonyl (C=O) groups excluding carboxylic acids is 3. The Morgan fingerprint density at radius 2 is 1.79 bits per heavy atom. The Morgan fingerprint density at radius 3 is 2.33 bits per heavy atom. The van der Waals surface area contributed by atoms with Crippen molar-refractivity contribution in [1.82, 2.24) is 0 Å². The highest BCUT2D eigenvalue weighted by molar-refractivity contribution is 6.32. The van der Waals surface area contributed by atoms with Gasteiger partial charge in [0.15, 0.2) is 11.6 Å². The number of aliphatic hydroxyl groups is 4. The van der Waals surface area contributed by atoms with Crippen LogP contribution in [0.2, 0.25) is 5.02 Å². The van der Waals surface area contributed by atoms with E-state index >= 15 is 0 Å². The van der Waals surface area contributed by atoms with Crippen molar-refractivity contribution in [2.45, 2.75) is 30.6 Å². The molecular formula is C22H24ClN2O8+. The SMILES string of the molecule is C[NH+](C)[C@H]1C(=O)C(C(N)=O)=C(O)[C@@]2(O)C(=O)C3=C(O)c4c(O)ccc(Cl)c4[C@@](C)(O)[C@H]3C[C@@H]12. The molecule has 0 bridgehead atoms. The third-order valence-corrected chi connectivity index (χ3v) is 7.49. The minimum absolute atomic E-state index is 0.0119. The highest BCUT2D eigenvalue weighted by atomic mass is 35.5. The van der Waals surface area contributed by atoms with Crippen LogP contribution in [0.4, 0.5) is 0 Å². The minimum atomic E-state index is -2.76. The molecule has 0 aliphatic heterocycles. The lowest BCUT2D eigenvalue weighted by atomic mass is 9.54. The number of halogens is 1. The lowest BCUT2D eigenvalue weighted by Crippen LogP contribution is -3.13. The number of Topliss-reactive ketones (excluding diaryl/α,β-unsaturated/α-hetero) is 2. The summed E-state index contributed by atoms with van der Waals surface area (Å²) in [7, 11) is 3.14. The van der Waals surface area contributed by atoms with Gasteiger partial charge in [0, 0.05) is 22.1 Å². The first kappa shape index (κ1) is 23.2. The Hall–Kier alpha value is -2.92. The van der Waals surface area contributed by atoms with Crippen molar-refractivity contribution in [3.63, 3.8) is 0 Å². The maximum atomic E-state index is 13.7. The maximum absolute atomic E-state index is 13.7. The molecule has 1 aromatic carbocycles. The molecule has 0 saturated heterocycles. The first-order valence-electron chi connectivity index (χ1n) is 10.2. The molecule has 1 fully saturated rings. The lowest BCUT2D eigenvalue weighted by Gasteiger charge is -2.52. The van der Waals surface area contributed by atoms with E-state index in [2.05, 4.69) is 0 Å². The van der Waals surface area contributed by atoms with Crippen molar-refractivity contribution in [2.75, 3.05) is 14.1 Å². The van der Waals surface area contributed by atoms with Gasteiger partial charge >= 0.3 is 0 Å². The third kappa shape index (κ3) is 2.75. The van der Waals surface area contributed by atoms with Gasteiger partial charge in [0.05, 0.1) is 31.2 Å². The van der Waals surface area contributed by atoms with Crippen LogP contribution >= 0.6 is 11.6 Å². The van der Waals surface area contributed by atoms with Crippen molar-refractivity contribution in [3.8, 4) is 5.75 Å². The van der Waals surface area contributed by atoms with Crippen LogP contribution in [0.3, 0.4) is 0 Å². The van der Waals surface area contributed by atoms with Crippen LogP contribution in [0.25, 0.3) is 5.76 Å². The number of rotatable bonds is 2. The molecule has 176 valence electrons. The van der Waals surface area contributed by atoms with Crippen molar-refractivity contribution < 1.29 is 44.8 Å². The van der Waals surface area contributed by atoms with Crippen LogP contribution in [0.1, 0.15) is 24.5 Å². The van der Waals surface area contributed by atoms with E-state index in [1.165, 1.54) is 19.1 Å². The first-order valence-corrected chi connectivity index (χ1v) is 10.6. The number of aliphatic hydroxyl groups excluding tert-OH is 2. The van der Waals surface area contributed by atoms with Gasteiger partial charge in [0.1, 0.15) is 22.8 Å². The standard InChI is InChI=1S/C22H23ClN2O8/c1-21(32)7-6-8-15(25(2)3)17(28)13(20(24)31)19(30)22(8,33)18(29)11(7)16(27)12-10(26)5-4-9(23)14(12)21/h4-5,7-8,15,26-27,30,32-33H,6H2,1-3H3,(H2,24,31)/p+1/t7-,8-,15+,21-,22-/m0/s1. The van der Waals surface area contributed by atoms with Crippen LogP contribution < -0.4 is 10.6 Å². The summed E-state index contributed by atoms with van der Waals surface area (Å²) in [5.74, 6) is -8.16. The average Bonchev–Trinajstić information content (AvgIpc) is 2.69. The summed E-state index contributed by atoms with van der Waals surface area (Å²) in [6, 6.07) is 1.33. The summed E-state index contributed by atoms with van der Waals surface area (Å²) in [6.45, 7) is 1.35. The quantitative estimate of drug-likeness (QED) is 0.260. The zero-order valence-electron chi connectivity index (χ0n) is 18.0. The normalized spacial score (nSPS) is 33.7. The maximum Gasteiger partial charge on any atom is 0.256 e. The number of amides is 1. The van der Waals surface area contributed by atoms with Gasteiger partial charge in [-0.2, -0.15) is 0 Å². The minimum Gasteiger partial charge on any atom is -0.508 e. The lowest BCUT2D eigenvalue weighted by molar-refractivity contribution is -0.880. The molecule has 0 radical (unpaired) electrons. The second-order valence-electron chi connectivity index (χ2n) is 9.22. The molecule has 5 atom stereocenters. The highest BCUT2D eigenvalue weighted by Gasteiger charge is 2.68. The summed E-state index contributed by atoms with van der Waals surface area (Å²) in [5, 5.41) is 55.2. The van der Waals surface area contributed by atoms with E-state index in [-0.39, 0.29) is 22.6 Å². The van der Waals surface area contributed by atoms with E-state index in [1.54, 1.807) is 14.1 Å². The third-order valence-electron chi connectivity index (χ3n) is 7.17. The second-order valence-corrected chi connectivity index (χ2v) is 9.63. The van der Waals surface area contributed by atoms with Crippen LogP contribution in [0.5, 0.6) is 5.75 Å². The van der Waals surface area contributed by atoms with Gasteiger partial charge in [0.2, 0.25) is 11.6 Å². The summed E-state index contributed by atoms with van der Waals surface area (Å²) in [5.41, 5.74) is -1.02. The molecular weight excluding hydrogens is 456 g/mol. The van der Waals surface area contributed by atoms with Gasteiger partial charge < -0.3 is 36.2 Å². The number of likely N-dealkylation sites (N-methyl/N-ethyl adjacent to an activating group) is 1. The molecule has 0 aromatic heterocycles. The molecule has 1 aromatic rings. The summed E-state index contributed by atoms with van der Waals surface area (Å²) < 4.78 is 0. The molecule has 10 nitrogen and oxygen atoms in total. The monoisotopic (exact) mass is 479 g/mol. The van der Waals surface area contributed by atoms with Crippen LogP contribution in [-0.4, -0.2) is 68.7 Å². The molecule has 0 spiro atoms. The van der Waals surface area contributed by atoms with E-state index in [4.69, 9.17) is 17.3 Å². The fourth-order valence-electron chi connectivity index (χ4n) is 5.68. The molecule has 8 N–H and O–H groups in total. The van der Waals surface area contributed by atoms with Gasteiger partial charge in [-0.25, -0.2) is 0 Å². The number of phenols is 1. The molecule has 1 amide bonds. The van der Waals surface area contributed by atoms with Gasteiger partial charge in [-0.15, -0.1) is 0 Å². The second kappa shape index (κ2) is 7.04. The molecule has 0 unspecified atom stereocenters. The Bertz CT molecular complexity index is 1200. The molecule has 3 aliphatic carbocycles. The van der Waals surface area contributed by atoms with Gasteiger partial charge in [-0.3, -0.25) is 14.4 Å². The van der Waals surface area contributed by atoms with Crippen LogP contribution in [-0.2, 0) is 20.0 Å². The van der Waals surface area contributed by atoms with E-state index in [1.807, 2.05) is 0 Å². The number of benzene rings is 1. The number of fused-ring (bicyclic) bond motifs is 3. The number of quaternary nitrogens is 1. The molecule has 4 rings (SSSR count). The zero-order valence-corrected chi connectivity index (χ0v) is 18.8. The van der Waals surface area contributed by atoms with Gasteiger partial charge in [0.25, 0.3) is 5.91 Å². The molecule has 33 heavy (non-hydrogen) atoms. The number of primary amides is 1. The van der Waals surface area contributed by atoms with E-state index in [0.717, 1.165) is 0 Å². The number of nitrogens with two attached hydrogens (primary N) is 1. The zero-order chi connectivity index (χ0) is 24.8. The largest absolute Gasteiger partial charge is 0.508 e. The average molecular weight is 480 g/mol. The molecule has 0 heterocycles. The topological polar surface area (TPSA) is 183 Å². The number of aromatic hydroxyl groups is 1. The number of phenolic OH excluding ortho intramolecular Hbond substituents is 1. The number of hydrogen-bond donors (Lipinski definition) is 7. The number of nitrogens with one attached hydrogen (secondary N) is 1. The Morgan fingerprint density at radius 1 is 1.18 bits per heavy atom. The summed E-state index contributed by atoms with van der Waals surface area (Å²) >= 11 is 6.28. The Labute approximate surface area is 193 Å². The van der Waals surface area contributed by atoms with Crippen molar-refractivity contribution in [1.29, 1.82) is 0 Å². The smallest absolute Gasteiger partial charge is 0.256 e. The van der Waals surface area contributed by atoms with Crippen molar-refractivity contribution in [2.24, 2.45) is 17.6 Å². The summed E-state index contributed by atoms with van der Waals surface area (Å²) in [6.07, 6.45) is -0.238.